The third-order valence-electron chi connectivity index (χ3n) is 3.49. The van der Waals surface area contributed by atoms with Gasteiger partial charge in [0.05, 0.1) is 6.61 Å². The molecule has 0 bridgehead atoms. The molecule has 1 aromatic rings. The molecule has 0 spiro atoms. The molecule has 1 aliphatic heterocycles. The van der Waals surface area contributed by atoms with Crippen LogP contribution in [-0.4, -0.2) is 52.6 Å². The summed E-state index contributed by atoms with van der Waals surface area (Å²) in [6, 6.07) is 0.267. The quantitative estimate of drug-likeness (QED) is 0.834. The lowest BCUT2D eigenvalue weighted by atomic mass is 10.1. The number of anilines is 1. The second-order valence-electron chi connectivity index (χ2n) is 5.49. The Morgan fingerprint density at radius 1 is 1.24 bits per heavy atom. The minimum Gasteiger partial charge on any atom is -0.464 e. The van der Waals surface area contributed by atoms with Crippen molar-refractivity contribution in [2.75, 3.05) is 38.1 Å². The fraction of sp³-hybridized carbons (Fsp3) is 0.786. The number of ether oxygens (including phenoxy) is 1. The minimum absolute atomic E-state index is 0.152. The molecule has 0 radical (unpaired) electrons. The summed E-state index contributed by atoms with van der Waals surface area (Å²) in [6.07, 6.45) is 4.01. The third kappa shape index (κ3) is 5.63. The van der Waals surface area contributed by atoms with E-state index in [-0.39, 0.29) is 11.3 Å². The highest BCUT2D eigenvalue weighted by Gasteiger charge is 2.14. The van der Waals surface area contributed by atoms with Crippen molar-refractivity contribution in [1.29, 1.82) is 0 Å². The minimum atomic E-state index is 0.152. The topological polar surface area (TPSA) is 63.2 Å². The average molecular weight is 314 g/mol. The van der Waals surface area contributed by atoms with Crippen LogP contribution in [0.5, 0.6) is 6.01 Å². The summed E-state index contributed by atoms with van der Waals surface area (Å²) in [6.45, 7) is 8.96. The molecule has 1 aliphatic rings. The van der Waals surface area contributed by atoms with E-state index in [1.165, 1.54) is 32.4 Å². The van der Waals surface area contributed by atoms with Crippen molar-refractivity contribution < 1.29 is 4.74 Å². The molecule has 0 amide bonds. The molecule has 7 heteroatoms. The van der Waals surface area contributed by atoms with Crippen molar-refractivity contribution in [2.45, 2.75) is 33.1 Å². The van der Waals surface area contributed by atoms with Crippen LogP contribution in [0.4, 0.5) is 5.95 Å². The summed E-state index contributed by atoms with van der Waals surface area (Å²) in [5.74, 6) is 0.998. The van der Waals surface area contributed by atoms with Gasteiger partial charge in [-0.25, -0.2) is 0 Å². The molecule has 2 rings (SSSR count). The molecular formula is C14H24ClN5O. The predicted molar refractivity (Wildman–Crippen MR) is 84.0 cm³/mol. The highest BCUT2D eigenvalue weighted by Crippen LogP contribution is 2.13. The van der Waals surface area contributed by atoms with Gasteiger partial charge in [0.2, 0.25) is 11.2 Å². The van der Waals surface area contributed by atoms with Crippen LogP contribution in [0.2, 0.25) is 5.28 Å². The van der Waals surface area contributed by atoms with Crippen molar-refractivity contribution in [3.05, 3.63) is 5.28 Å². The second kappa shape index (κ2) is 8.34. The Bertz CT molecular complexity index is 439. The average Bonchev–Trinajstić information content (AvgIpc) is 2.46. The Kier molecular flexibility index (Phi) is 6.45. The van der Waals surface area contributed by atoms with Crippen LogP contribution >= 0.6 is 11.6 Å². The number of hydrogen-bond acceptors (Lipinski definition) is 6. The largest absolute Gasteiger partial charge is 0.464 e. The smallest absolute Gasteiger partial charge is 0.322 e. The van der Waals surface area contributed by atoms with E-state index in [0.717, 1.165) is 13.1 Å². The van der Waals surface area contributed by atoms with E-state index >= 15 is 0 Å². The summed E-state index contributed by atoms with van der Waals surface area (Å²) in [5.41, 5.74) is 0. The van der Waals surface area contributed by atoms with Gasteiger partial charge in [-0.15, -0.1) is 0 Å². The number of nitrogens with zero attached hydrogens (tertiary/aromatic N) is 4. The summed E-state index contributed by atoms with van der Waals surface area (Å²) >= 11 is 5.87. The number of hydrogen-bond donors (Lipinski definition) is 1. The molecule has 1 fully saturated rings. The van der Waals surface area contributed by atoms with E-state index in [1.54, 1.807) is 0 Å². The lowest BCUT2D eigenvalue weighted by Gasteiger charge is -2.29. The molecule has 1 unspecified atom stereocenters. The lowest BCUT2D eigenvalue weighted by molar-refractivity contribution is 0.204. The third-order valence-corrected chi connectivity index (χ3v) is 3.66. The molecular weight excluding hydrogens is 290 g/mol. The Morgan fingerprint density at radius 3 is 2.71 bits per heavy atom. The van der Waals surface area contributed by atoms with Gasteiger partial charge >= 0.3 is 6.01 Å². The van der Waals surface area contributed by atoms with Gasteiger partial charge in [-0.3, -0.25) is 0 Å². The number of piperidine rings is 1. The molecule has 0 saturated carbocycles. The molecule has 2 heterocycles. The van der Waals surface area contributed by atoms with E-state index in [2.05, 4.69) is 32.1 Å². The van der Waals surface area contributed by atoms with Crippen LogP contribution in [-0.2, 0) is 0 Å². The van der Waals surface area contributed by atoms with Crippen molar-refractivity contribution in [2.24, 2.45) is 5.92 Å². The van der Waals surface area contributed by atoms with Gasteiger partial charge in [0.25, 0.3) is 0 Å². The molecule has 21 heavy (non-hydrogen) atoms. The van der Waals surface area contributed by atoms with Gasteiger partial charge in [-0.1, -0.05) is 13.3 Å². The van der Waals surface area contributed by atoms with Crippen molar-refractivity contribution in [1.82, 2.24) is 19.9 Å². The molecule has 1 saturated heterocycles. The van der Waals surface area contributed by atoms with Crippen LogP contribution in [0.15, 0.2) is 0 Å². The zero-order valence-corrected chi connectivity index (χ0v) is 13.6. The molecule has 118 valence electrons. The first-order valence-corrected chi connectivity index (χ1v) is 8.05. The number of nitrogens with one attached hydrogen (secondary N) is 1. The van der Waals surface area contributed by atoms with E-state index < -0.39 is 0 Å². The van der Waals surface area contributed by atoms with Gasteiger partial charge in [0, 0.05) is 13.1 Å². The SMILES string of the molecule is CCOc1nc(Cl)nc(NCC(C)CN2CCCCC2)n1. The second-order valence-corrected chi connectivity index (χ2v) is 5.83. The highest BCUT2D eigenvalue weighted by atomic mass is 35.5. The Hall–Kier alpha value is -1.14. The normalized spacial score (nSPS) is 17.5. The zero-order valence-electron chi connectivity index (χ0n) is 12.8. The van der Waals surface area contributed by atoms with Gasteiger partial charge in [0.15, 0.2) is 0 Å². The van der Waals surface area contributed by atoms with Gasteiger partial charge < -0.3 is 15.0 Å². The monoisotopic (exact) mass is 313 g/mol. The van der Waals surface area contributed by atoms with E-state index in [0.29, 0.717) is 18.5 Å². The van der Waals surface area contributed by atoms with Gasteiger partial charge in [0.1, 0.15) is 0 Å². The van der Waals surface area contributed by atoms with Crippen LogP contribution in [0.1, 0.15) is 33.1 Å². The number of aromatic nitrogens is 3. The van der Waals surface area contributed by atoms with Crippen LogP contribution in [0.25, 0.3) is 0 Å². The fourth-order valence-corrected chi connectivity index (χ4v) is 2.67. The molecule has 0 aromatic carbocycles. The van der Waals surface area contributed by atoms with E-state index in [9.17, 15) is 0 Å². The fourth-order valence-electron chi connectivity index (χ4n) is 2.52. The summed E-state index contributed by atoms with van der Waals surface area (Å²) < 4.78 is 5.26. The zero-order chi connectivity index (χ0) is 15.1. The maximum Gasteiger partial charge on any atom is 0.322 e. The molecule has 0 aliphatic carbocycles. The van der Waals surface area contributed by atoms with Crippen molar-refractivity contribution in [3.8, 4) is 6.01 Å². The summed E-state index contributed by atoms with van der Waals surface area (Å²) in [5, 5.41) is 3.37. The van der Waals surface area contributed by atoms with Crippen LogP contribution < -0.4 is 10.1 Å². The molecule has 1 aromatic heterocycles. The maximum atomic E-state index is 5.87. The number of halogens is 1. The first-order chi connectivity index (χ1) is 10.2. The Morgan fingerprint density at radius 2 is 2.00 bits per heavy atom. The van der Waals surface area contributed by atoms with Crippen LogP contribution in [0.3, 0.4) is 0 Å². The van der Waals surface area contributed by atoms with Crippen LogP contribution in [0, 0.1) is 5.92 Å². The first-order valence-electron chi connectivity index (χ1n) is 7.68. The molecule has 1 atom stereocenters. The standard InChI is InChI=1S/C14H24ClN5O/c1-3-21-14-18-12(15)17-13(19-14)16-9-11(2)10-20-7-5-4-6-8-20/h11H,3-10H2,1-2H3,(H,16,17,18,19). The first kappa shape index (κ1) is 16.2. The van der Waals surface area contributed by atoms with Crippen molar-refractivity contribution >= 4 is 17.5 Å². The Balaban J connectivity index is 1.81. The van der Waals surface area contributed by atoms with E-state index in [1.807, 2.05) is 6.92 Å². The van der Waals surface area contributed by atoms with Crippen molar-refractivity contribution in [3.63, 3.8) is 0 Å². The highest BCUT2D eigenvalue weighted by molar-refractivity contribution is 6.28. The number of rotatable bonds is 7. The summed E-state index contributed by atoms with van der Waals surface area (Å²) in [4.78, 5) is 14.7. The molecule has 1 N–H and O–H groups in total. The van der Waals surface area contributed by atoms with Gasteiger partial charge in [-0.2, -0.15) is 15.0 Å². The Labute approximate surface area is 131 Å². The molecule has 6 nitrogen and oxygen atoms in total. The van der Waals surface area contributed by atoms with Gasteiger partial charge in [-0.05, 0) is 50.4 Å². The summed E-state index contributed by atoms with van der Waals surface area (Å²) in [7, 11) is 0. The predicted octanol–water partition coefficient (Wildman–Crippen LogP) is 2.46. The number of likely N-dealkylation sites (tertiary alicyclic amines) is 1. The van der Waals surface area contributed by atoms with E-state index in [4.69, 9.17) is 16.3 Å². The lowest BCUT2D eigenvalue weighted by Crippen LogP contribution is -2.35. The maximum absolute atomic E-state index is 5.87.